The zero-order valence-corrected chi connectivity index (χ0v) is 18.7. The molecular weight excluding hydrogens is 410 g/mol. The molecule has 162 valence electrons. The molecule has 0 aliphatic carbocycles. The highest BCUT2D eigenvalue weighted by atomic mass is 32.1. The van der Waals surface area contributed by atoms with Crippen molar-refractivity contribution in [3.63, 3.8) is 0 Å². The molecule has 8 heteroatoms. The van der Waals surface area contributed by atoms with Gasteiger partial charge in [-0.2, -0.15) is 5.10 Å². The molecule has 1 saturated heterocycles. The third kappa shape index (κ3) is 4.11. The van der Waals surface area contributed by atoms with Gasteiger partial charge in [0, 0.05) is 29.3 Å². The van der Waals surface area contributed by atoms with Gasteiger partial charge in [-0.25, -0.2) is 4.68 Å². The Morgan fingerprint density at radius 3 is 2.90 bits per heavy atom. The molecule has 3 aromatic heterocycles. The number of rotatable bonds is 7. The minimum absolute atomic E-state index is 0.178. The number of hydrogen-bond acceptors (Lipinski definition) is 5. The van der Waals surface area contributed by atoms with Crippen molar-refractivity contribution in [3.05, 3.63) is 58.9 Å². The number of H-pyrrole nitrogens is 1. The average Bonchev–Trinajstić information content (AvgIpc) is 3.54. The van der Waals surface area contributed by atoms with Crippen molar-refractivity contribution in [3.8, 4) is 11.4 Å². The van der Waals surface area contributed by atoms with E-state index in [2.05, 4.69) is 32.7 Å². The van der Waals surface area contributed by atoms with Gasteiger partial charge in [-0.1, -0.05) is 18.2 Å². The zero-order chi connectivity index (χ0) is 21.4. The molecule has 4 aromatic rings. The van der Waals surface area contributed by atoms with Crippen LogP contribution in [0.1, 0.15) is 24.4 Å². The summed E-state index contributed by atoms with van der Waals surface area (Å²) in [7, 11) is 2.05. The molecule has 1 atom stereocenters. The predicted molar refractivity (Wildman–Crippen MR) is 122 cm³/mol. The average molecular weight is 438 g/mol. The Labute approximate surface area is 186 Å². The second kappa shape index (κ2) is 8.45. The lowest BCUT2D eigenvalue weighted by molar-refractivity contribution is 0.0967. The van der Waals surface area contributed by atoms with Crippen molar-refractivity contribution in [1.82, 2.24) is 24.2 Å². The lowest BCUT2D eigenvalue weighted by Gasteiger charge is -2.15. The number of nitrogens with one attached hydrogen (secondary N) is 1. The Hall–Kier alpha value is -2.68. The lowest BCUT2D eigenvalue weighted by Crippen LogP contribution is -2.22. The van der Waals surface area contributed by atoms with Crippen molar-refractivity contribution in [2.75, 3.05) is 13.7 Å². The lowest BCUT2D eigenvalue weighted by atomic mass is 10.1. The molecule has 5 rings (SSSR count). The highest BCUT2D eigenvalue weighted by molar-refractivity contribution is 7.71. The van der Waals surface area contributed by atoms with Crippen LogP contribution in [0.5, 0.6) is 0 Å². The number of nitrogens with zero attached hydrogens (tertiary/aromatic N) is 4. The standard InChI is InChI=1S/C23H27N5O2S/c1-16-9-10-18(30-16)13-26(2)15-28-23(31)27(14-17-6-5-11-29-17)22(25-28)20-12-24-21-8-4-3-7-19(20)21/h3-4,7-10,12,17,24H,5-6,11,13-15H2,1-2H3/t17-/m1/s1. The Morgan fingerprint density at radius 2 is 2.13 bits per heavy atom. The Balaban J connectivity index is 1.49. The number of ether oxygens (including phenoxy) is 1. The van der Waals surface area contributed by atoms with Gasteiger partial charge in [-0.05, 0) is 57.2 Å². The number of benzene rings is 1. The van der Waals surface area contributed by atoms with Gasteiger partial charge in [-0.3, -0.25) is 9.47 Å². The highest BCUT2D eigenvalue weighted by Crippen LogP contribution is 2.29. The van der Waals surface area contributed by atoms with E-state index in [9.17, 15) is 0 Å². The smallest absolute Gasteiger partial charge is 0.199 e. The molecule has 0 unspecified atom stereocenters. The van der Waals surface area contributed by atoms with E-state index in [0.29, 0.717) is 18.0 Å². The molecule has 1 aliphatic rings. The van der Waals surface area contributed by atoms with Crippen molar-refractivity contribution < 1.29 is 9.15 Å². The molecule has 1 fully saturated rings. The van der Waals surface area contributed by atoms with Gasteiger partial charge in [0.15, 0.2) is 10.6 Å². The van der Waals surface area contributed by atoms with Crippen molar-refractivity contribution in [2.24, 2.45) is 0 Å². The van der Waals surface area contributed by atoms with E-state index < -0.39 is 0 Å². The minimum atomic E-state index is 0.178. The number of aryl methyl sites for hydroxylation is 1. The van der Waals surface area contributed by atoms with E-state index in [1.54, 1.807) is 0 Å². The molecule has 0 bridgehead atoms. The van der Waals surface area contributed by atoms with Crippen LogP contribution in [0.4, 0.5) is 0 Å². The summed E-state index contributed by atoms with van der Waals surface area (Å²) in [6, 6.07) is 12.3. The molecule has 0 spiro atoms. The summed E-state index contributed by atoms with van der Waals surface area (Å²) >= 11 is 5.88. The highest BCUT2D eigenvalue weighted by Gasteiger charge is 2.22. The van der Waals surface area contributed by atoms with Gasteiger partial charge in [0.2, 0.25) is 0 Å². The first-order chi connectivity index (χ1) is 15.1. The largest absolute Gasteiger partial charge is 0.465 e. The van der Waals surface area contributed by atoms with Crippen LogP contribution >= 0.6 is 12.2 Å². The SMILES string of the molecule is Cc1ccc(CN(C)Cn2nc(-c3c[nH]c4ccccc34)n(C[C@H]3CCCO3)c2=S)o1. The number of aromatic nitrogens is 4. The van der Waals surface area contributed by atoms with E-state index in [4.69, 9.17) is 26.5 Å². The molecule has 0 amide bonds. The van der Waals surface area contributed by atoms with Gasteiger partial charge < -0.3 is 14.1 Å². The van der Waals surface area contributed by atoms with Crippen LogP contribution in [-0.4, -0.2) is 44.0 Å². The van der Waals surface area contributed by atoms with E-state index in [0.717, 1.165) is 59.8 Å². The van der Waals surface area contributed by atoms with Gasteiger partial charge in [-0.15, -0.1) is 0 Å². The Morgan fingerprint density at radius 1 is 1.26 bits per heavy atom. The zero-order valence-electron chi connectivity index (χ0n) is 17.9. The number of furan rings is 1. The molecule has 1 aromatic carbocycles. The monoisotopic (exact) mass is 437 g/mol. The Bertz CT molecular complexity index is 1240. The summed E-state index contributed by atoms with van der Waals surface area (Å²) in [5.74, 6) is 2.73. The molecule has 31 heavy (non-hydrogen) atoms. The minimum Gasteiger partial charge on any atom is -0.465 e. The van der Waals surface area contributed by atoms with E-state index in [1.807, 2.05) is 43.0 Å². The van der Waals surface area contributed by atoms with Gasteiger partial charge in [0.1, 0.15) is 11.5 Å². The van der Waals surface area contributed by atoms with Gasteiger partial charge in [0.05, 0.1) is 25.9 Å². The predicted octanol–water partition coefficient (Wildman–Crippen LogP) is 4.73. The second-order valence-electron chi connectivity index (χ2n) is 8.27. The molecule has 1 aliphatic heterocycles. The summed E-state index contributed by atoms with van der Waals surface area (Å²) in [5.41, 5.74) is 2.15. The number of fused-ring (bicyclic) bond motifs is 1. The maximum Gasteiger partial charge on any atom is 0.199 e. The second-order valence-corrected chi connectivity index (χ2v) is 8.63. The summed E-state index contributed by atoms with van der Waals surface area (Å²) in [5, 5.41) is 6.10. The fraction of sp³-hybridized carbons (Fsp3) is 0.391. The Kier molecular flexibility index (Phi) is 5.52. The van der Waals surface area contributed by atoms with Crippen LogP contribution in [0.3, 0.4) is 0 Å². The third-order valence-corrected chi connectivity index (χ3v) is 6.19. The van der Waals surface area contributed by atoms with E-state index >= 15 is 0 Å². The van der Waals surface area contributed by atoms with E-state index in [1.165, 1.54) is 0 Å². The van der Waals surface area contributed by atoms with Crippen molar-refractivity contribution >= 4 is 23.1 Å². The summed E-state index contributed by atoms with van der Waals surface area (Å²) in [6.45, 7) is 4.76. The van der Waals surface area contributed by atoms with Crippen LogP contribution in [0, 0.1) is 11.7 Å². The fourth-order valence-electron chi connectivity index (χ4n) is 4.26. The van der Waals surface area contributed by atoms with E-state index in [-0.39, 0.29) is 6.10 Å². The van der Waals surface area contributed by atoms with Crippen LogP contribution < -0.4 is 0 Å². The maximum absolute atomic E-state index is 5.91. The molecule has 7 nitrogen and oxygen atoms in total. The normalized spacial score (nSPS) is 16.7. The summed E-state index contributed by atoms with van der Waals surface area (Å²) < 4.78 is 16.4. The number of hydrogen-bond donors (Lipinski definition) is 1. The van der Waals surface area contributed by atoms with Crippen LogP contribution in [0.25, 0.3) is 22.3 Å². The number of para-hydroxylation sites is 1. The number of aromatic amines is 1. The van der Waals surface area contributed by atoms with Crippen LogP contribution in [-0.2, 0) is 24.5 Å². The molecule has 1 N–H and O–H groups in total. The first-order valence-electron chi connectivity index (χ1n) is 10.7. The van der Waals surface area contributed by atoms with Crippen molar-refractivity contribution in [1.29, 1.82) is 0 Å². The molecule has 0 radical (unpaired) electrons. The molecule has 0 saturated carbocycles. The third-order valence-electron chi connectivity index (χ3n) is 5.76. The molecular formula is C23H27N5O2S. The summed E-state index contributed by atoms with van der Waals surface area (Å²) in [6.07, 6.45) is 4.35. The van der Waals surface area contributed by atoms with Gasteiger partial charge in [0.25, 0.3) is 0 Å². The molecule has 4 heterocycles. The van der Waals surface area contributed by atoms with Crippen LogP contribution in [0.15, 0.2) is 47.0 Å². The first kappa shape index (κ1) is 20.2. The first-order valence-corrected chi connectivity index (χ1v) is 11.1. The van der Waals surface area contributed by atoms with Crippen molar-refractivity contribution in [2.45, 2.75) is 45.6 Å². The van der Waals surface area contributed by atoms with Crippen LogP contribution in [0.2, 0.25) is 0 Å². The quantitative estimate of drug-likeness (QED) is 0.424. The maximum atomic E-state index is 5.91. The fourth-order valence-corrected chi connectivity index (χ4v) is 4.52. The van der Waals surface area contributed by atoms with Gasteiger partial charge >= 0.3 is 0 Å². The summed E-state index contributed by atoms with van der Waals surface area (Å²) in [4.78, 5) is 5.51. The topological polar surface area (TPSA) is 64.2 Å².